The van der Waals surface area contributed by atoms with Gasteiger partial charge in [-0.05, 0) is 15.9 Å². The zero-order valence-electron chi connectivity index (χ0n) is 6.56. The van der Waals surface area contributed by atoms with Crippen molar-refractivity contribution in [1.82, 2.24) is 9.97 Å². The van der Waals surface area contributed by atoms with E-state index >= 15 is 0 Å². The highest BCUT2D eigenvalue weighted by molar-refractivity contribution is 9.10. The van der Waals surface area contributed by atoms with E-state index in [4.69, 9.17) is 0 Å². The van der Waals surface area contributed by atoms with E-state index in [2.05, 4.69) is 41.8 Å². The van der Waals surface area contributed by atoms with Gasteiger partial charge in [0.15, 0.2) is 0 Å². The van der Waals surface area contributed by atoms with Crippen molar-refractivity contribution in [3.05, 3.63) is 22.7 Å². The lowest BCUT2D eigenvalue weighted by Gasteiger charge is -2.13. The molecule has 6 heteroatoms. The summed E-state index contributed by atoms with van der Waals surface area (Å²) in [7, 11) is 0. The molecule has 0 bridgehead atoms. The minimum Gasteiger partial charge on any atom is -0.389 e. The van der Waals surface area contributed by atoms with Gasteiger partial charge < -0.3 is 10.2 Å². The second-order valence-electron chi connectivity index (χ2n) is 2.43. The van der Waals surface area contributed by atoms with Crippen LogP contribution in [0.5, 0.6) is 0 Å². The number of aliphatic hydroxyl groups excluding tert-OH is 2. The van der Waals surface area contributed by atoms with Gasteiger partial charge in [0.2, 0.25) is 0 Å². The Morgan fingerprint density at radius 2 is 2.00 bits per heavy atom. The van der Waals surface area contributed by atoms with Crippen LogP contribution in [-0.4, -0.2) is 31.6 Å². The summed E-state index contributed by atoms with van der Waals surface area (Å²) in [5, 5.41) is 19.1. The van der Waals surface area contributed by atoms with Crippen LogP contribution in [0.4, 0.5) is 0 Å². The number of nitrogens with zero attached hydrogens (tertiary/aromatic N) is 2. The van der Waals surface area contributed by atoms with E-state index in [1.807, 2.05) is 0 Å². The highest BCUT2D eigenvalue weighted by Gasteiger charge is 2.18. The van der Waals surface area contributed by atoms with Crippen LogP contribution in [0.1, 0.15) is 11.8 Å². The minimum atomic E-state index is -1.00. The summed E-state index contributed by atoms with van der Waals surface area (Å²) in [4.78, 5) is 7.79. The molecule has 1 heterocycles. The molecule has 0 radical (unpaired) electrons. The highest BCUT2D eigenvalue weighted by atomic mass is 79.9. The molecule has 0 aliphatic heterocycles. The number of halogens is 2. The largest absolute Gasteiger partial charge is 0.389 e. The number of hydrogen-bond acceptors (Lipinski definition) is 4. The van der Waals surface area contributed by atoms with Gasteiger partial charge in [0.25, 0.3) is 0 Å². The first kappa shape index (κ1) is 11.0. The fourth-order valence-corrected chi connectivity index (χ4v) is 1.32. The summed E-state index contributed by atoms with van der Waals surface area (Å²) < 4.78 is 0.594. The standard InChI is InChI=1S/C7H8Br2N2O2/c8-1-5(12)7(13)4-2-11-6(9)3-10-4/h2-3,5,7,12-13H,1H2. The summed E-state index contributed by atoms with van der Waals surface area (Å²) in [5.41, 5.74) is 0.357. The minimum absolute atomic E-state index is 0.298. The number of alkyl halides is 1. The first-order chi connectivity index (χ1) is 6.15. The van der Waals surface area contributed by atoms with Crippen LogP contribution in [0.15, 0.2) is 17.0 Å². The van der Waals surface area contributed by atoms with Crippen molar-refractivity contribution in [2.45, 2.75) is 12.2 Å². The molecule has 0 aromatic carbocycles. The van der Waals surface area contributed by atoms with Gasteiger partial charge in [-0.3, -0.25) is 4.98 Å². The van der Waals surface area contributed by atoms with Gasteiger partial charge in [0.1, 0.15) is 10.7 Å². The molecule has 0 saturated heterocycles. The van der Waals surface area contributed by atoms with E-state index in [1.165, 1.54) is 12.4 Å². The zero-order chi connectivity index (χ0) is 9.84. The Bertz CT molecular complexity index is 268. The maximum atomic E-state index is 9.48. The van der Waals surface area contributed by atoms with Gasteiger partial charge in [-0.25, -0.2) is 4.98 Å². The highest BCUT2D eigenvalue weighted by Crippen LogP contribution is 2.15. The Kier molecular flexibility index (Phi) is 4.24. The van der Waals surface area contributed by atoms with Gasteiger partial charge in [-0.1, -0.05) is 15.9 Å². The number of rotatable bonds is 3. The maximum Gasteiger partial charge on any atom is 0.124 e. The van der Waals surface area contributed by atoms with Crippen molar-refractivity contribution >= 4 is 31.9 Å². The Labute approximate surface area is 92.3 Å². The Balaban J connectivity index is 2.77. The van der Waals surface area contributed by atoms with Gasteiger partial charge in [0.05, 0.1) is 24.2 Å². The van der Waals surface area contributed by atoms with E-state index in [0.717, 1.165) is 0 Å². The fraction of sp³-hybridized carbons (Fsp3) is 0.429. The fourth-order valence-electron chi connectivity index (χ4n) is 0.756. The van der Waals surface area contributed by atoms with Crippen molar-refractivity contribution in [3.63, 3.8) is 0 Å². The van der Waals surface area contributed by atoms with E-state index < -0.39 is 12.2 Å². The lowest BCUT2D eigenvalue weighted by atomic mass is 10.2. The number of aliphatic hydroxyl groups is 2. The molecule has 2 atom stereocenters. The molecule has 4 nitrogen and oxygen atoms in total. The molecule has 1 aromatic rings. The summed E-state index contributed by atoms with van der Waals surface area (Å²) in [6, 6.07) is 0. The quantitative estimate of drug-likeness (QED) is 0.818. The molecule has 2 unspecified atom stereocenters. The third-order valence-corrected chi connectivity index (χ3v) is 2.54. The predicted octanol–water partition coefficient (Wildman–Crippen LogP) is 1.03. The van der Waals surface area contributed by atoms with Crippen LogP contribution in [-0.2, 0) is 0 Å². The Hall–Kier alpha value is -0.0400. The second-order valence-corrected chi connectivity index (χ2v) is 3.89. The lowest BCUT2D eigenvalue weighted by Crippen LogP contribution is -2.20. The molecule has 0 saturated carbocycles. The molecule has 0 aliphatic carbocycles. The van der Waals surface area contributed by atoms with E-state index in [0.29, 0.717) is 15.6 Å². The van der Waals surface area contributed by atoms with Crippen molar-refractivity contribution in [2.75, 3.05) is 5.33 Å². The smallest absolute Gasteiger partial charge is 0.124 e. The van der Waals surface area contributed by atoms with Gasteiger partial charge in [0, 0.05) is 5.33 Å². The monoisotopic (exact) mass is 310 g/mol. The van der Waals surface area contributed by atoms with Crippen LogP contribution in [0.3, 0.4) is 0 Å². The summed E-state index contributed by atoms with van der Waals surface area (Å²) in [6.45, 7) is 0. The van der Waals surface area contributed by atoms with Gasteiger partial charge in [-0.15, -0.1) is 0 Å². The van der Waals surface area contributed by atoms with Crippen molar-refractivity contribution in [3.8, 4) is 0 Å². The van der Waals surface area contributed by atoms with Crippen LogP contribution >= 0.6 is 31.9 Å². The topological polar surface area (TPSA) is 66.2 Å². The average molecular weight is 312 g/mol. The first-order valence-corrected chi connectivity index (χ1v) is 5.46. The molecule has 0 amide bonds. The van der Waals surface area contributed by atoms with E-state index in [1.54, 1.807) is 0 Å². The first-order valence-electron chi connectivity index (χ1n) is 3.54. The molecular formula is C7H8Br2N2O2. The second kappa shape index (κ2) is 4.99. The van der Waals surface area contributed by atoms with E-state index in [9.17, 15) is 10.2 Å². The lowest BCUT2D eigenvalue weighted by molar-refractivity contribution is 0.0312. The normalized spacial score (nSPS) is 15.4. The molecule has 0 fully saturated rings. The molecule has 0 aliphatic rings. The Morgan fingerprint density at radius 3 is 2.46 bits per heavy atom. The molecule has 72 valence electrons. The van der Waals surface area contributed by atoms with Crippen LogP contribution in [0.25, 0.3) is 0 Å². The summed E-state index contributed by atoms with van der Waals surface area (Å²) in [6.07, 6.45) is 1.02. The SMILES string of the molecule is OC(CBr)C(O)c1cnc(Br)cn1. The van der Waals surface area contributed by atoms with Crippen LogP contribution in [0.2, 0.25) is 0 Å². The van der Waals surface area contributed by atoms with Crippen molar-refractivity contribution in [1.29, 1.82) is 0 Å². The van der Waals surface area contributed by atoms with Gasteiger partial charge in [-0.2, -0.15) is 0 Å². The summed E-state index contributed by atoms with van der Waals surface area (Å²) >= 11 is 6.18. The molecule has 2 N–H and O–H groups in total. The number of hydrogen-bond donors (Lipinski definition) is 2. The molecule has 0 spiro atoms. The Morgan fingerprint density at radius 1 is 1.31 bits per heavy atom. The molecule has 1 rings (SSSR count). The van der Waals surface area contributed by atoms with Crippen molar-refractivity contribution in [2.24, 2.45) is 0 Å². The summed E-state index contributed by atoms with van der Waals surface area (Å²) in [5.74, 6) is 0. The predicted molar refractivity (Wildman–Crippen MR) is 54.5 cm³/mol. The molecule has 13 heavy (non-hydrogen) atoms. The van der Waals surface area contributed by atoms with Crippen molar-refractivity contribution < 1.29 is 10.2 Å². The average Bonchev–Trinajstić information content (AvgIpc) is 2.17. The van der Waals surface area contributed by atoms with E-state index in [-0.39, 0.29) is 0 Å². The molecular weight excluding hydrogens is 304 g/mol. The van der Waals surface area contributed by atoms with Crippen LogP contribution in [0, 0.1) is 0 Å². The third kappa shape index (κ3) is 2.98. The molecule has 1 aromatic heterocycles. The van der Waals surface area contributed by atoms with Gasteiger partial charge >= 0.3 is 0 Å². The third-order valence-electron chi connectivity index (χ3n) is 1.47. The zero-order valence-corrected chi connectivity index (χ0v) is 9.73. The maximum absolute atomic E-state index is 9.48. The van der Waals surface area contributed by atoms with Crippen LogP contribution < -0.4 is 0 Å². The number of aromatic nitrogens is 2.